The van der Waals surface area contributed by atoms with E-state index < -0.39 is 0 Å². The lowest BCUT2D eigenvalue weighted by Gasteiger charge is -2.36. The van der Waals surface area contributed by atoms with Crippen LogP contribution >= 0.6 is 11.3 Å². The Balaban J connectivity index is 1.50. The normalized spacial score (nSPS) is 19.4. The molecule has 132 valence electrons. The van der Waals surface area contributed by atoms with Gasteiger partial charge >= 0.3 is 6.03 Å². The van der Waals surface area contributed by atoms with Crippen LogP contribution in [0.25, 0.3) is 0 Å². The standard InChI is InChI=1S/C18H27N3O2S/c1-13-12-16(14(2)24-13)17(22)20-8-10-21(11-9-20)18(23)19-15-6-4-3-5-7-15/h12,15H,3-11H2,1-2H3,(H,19,23). The number of hydrogen-bond acceptors (Lipinski definition) is 3. The summed E-state index contributed by atoms with van der Waals surface area (Å²) < 4.78 is 0. The molecule has 0 aromatic carbocycles. The predicted molar refractivity (Wildman–Crippen MR) is 96.7 cm³/mol. The van der Waals surface area contributed by atoms with Crippen molar-refractivity contribution in [1.82, 2.24) is 15.1 Å². The third-order valence-electron chi connectivity index (χ3n) is 5.06. The van der Waals surface area contributed by atoms with Crippen molar-refractivity contribution >= 4 is 23.3 Å². The van der Waals surface area contributed by atoms with E-state index in [-0.39, 0.29) is 11.9 Å². The minimum absolute atomic E-state index is 0.0385. The summed E-state index contributed by atoms with van der Waals surface area (Å²) in [5.41, 5.74) is 0.817. The van der Waals surface area contributed by atoms with Crippen molar-refractivity contribution in [2.24, 2.45) is 0 Å². The summed E-state index contributed by atoms with van der Waals surface area (Å²) in [6.45, 7) is 6.50. The van der Waals surface area contributed by atoms with Crippen molar-refractivity contribution in [3.63, 3.8) is 0 Å². The van der Waals surface area contributed by atoms with Crippen LogP contribution < -0.4 is 5.32 Å². The third kappa shape index (κ3) is 3.91. The average Bonchev–Trinajstić information content (AvgIpc) is 2.93. The molecule has 1 N–H and O–H groups in total. The highest BCUT2D eigenvalue weighted by Crippen LogP contribution is 2.23. The van der Waals surface area contributed by atoms with Crippen LogP contribution in [0.4, 0.5) is 4.79 Å². The van der Waals surface area contributed by atoms with E-state index in [2.05, 4.69) is 5.32 Å². The molecule has 1 aromatic heterocycles. The fraction of sp³-hybridized carbons (Fsp3) is 0.667. The predicted octanol–water partition coefficient (Wildman–Crippen LogP) is 3.17. The van der Waals surface area contributed by atoms with Crippen LogP contribution in [0.2, 0.25) is 0 Å². The number of rotatable bonds is 2. The van der Waals surface area contributed by atoms with Gasteiger partial charge in [0.2, 0.25) is 0 Å². The maximum absolute atomic E-state index is 12.6. The number of urea groups is 1. The van der Waals surface area contributed by atoms with E-state index in [1.54, 1.807) is 11.3 Å². The van der Waals surface area contributed by atoms with Crippen LogP contribution in [0, 0.1) is 13.8 Å². The Morgan fingerprint density at radius 1 is 1.04 bits per heavy atom. The molecule has 1 aromatic rings. The van der Waals surface area contributed by atoms with Crippen LogP contribution in [0.1, 0.15) is 52.2 Å². The first kappa shape index (κ1) is 17.3. The summed E-state index contributed by atoms with van der Waals surface area (Å²) in [4.78, 5) is 31.0. The molecule has 2 fully saturated rings. The highest BCUT2D eigenvalue weighted by molar-refractivity contribution is 7.12. The Kier molecular flexibility index (Phi) is 5.43. The van der Waals surface area contributed by atoms with Gasteiger partial charge in [0, 0.05) is 42.0 Å². The van der Waals surface area contributed by atoms with E-state index >= 15 is 0 Å². The van der Waals surface area contributed by atoms with Gasteiger partial charge < -0.3 is 15.1 Å². The van der Waals surface area contributed by atoms with E-state index in [1.807, 2.05) is 29.7 Å². The fourth-order valence-electron chi connectivity index (χ4n) is 3.64. The van der Waals surface area contributed by atoms with E-state index in [9.17, 15) is 9.59 Å². The number of hydrogen-bond donors (Lipinski definition) is 1. The Labute approximate surface area is 148 Å². The Morgan fingerprint density at radius 2 is 1.67 bits per heavy atom. The lowest BCUT2D eigenvalue weighted by atomic mass is 9.96. The topological polar surface area (TPSA) is 52.7 Å². The van der Waals surface area contributed by atoms with Crippen LogP contribution in [-0.2, 0) is 0 Å². The SMILES string of the molecule is Cc1cc(C(=O)N2CCN(C(=O)NC3CCCCC3)CC2)c(C)s1. The first-order valence-electron chi connectivity index (χ1n) is 8.96. The van der Waals surface area contributed by atoms with E-state index in [0.29, 0.717) is 32.2 Å². The van der Waals surface area contributed by atoms with E-state index in [1.165, 1.54) is 24.1 Å². The number of carbonyl (C=O) groups is 2. The molecule has 0 spiro atoms. The molecule has 3 rings (SSSR count). The van der Waals surface area contributed by atoms with Crippen LogP contribution in [0.5, 0.6) is 0 Å². The van der Waals surface area contributed by atoms with Gasteiger partial charge in [-0.2, -0.15) is 0 Å². The first-order valence-corrected chi connectivity index (χ1v) is 9.78. The molecule has 24 heavy (non-hydrogen) atoms. The monoisotopic (exact) mass is 349 g/mol. The third-order valence-corrected chi connectivity index (χ3v) is 6.02. The van der Waals surface area contributed by atoms with Gasteiger partial charge in [-0.15, -0.1) is 11.3 Å². The maximum atomic E-state index is 12.6. The van der Waals surface area contributed by atoms with Gasteiger partial charge in [-0.25, -0.2) is 4.79 Å². The fourth-order valence-corrected chi connectivity index (χ4v) is 4.55. The number of nitrogens with one attached hydrogen (secondary N) is 1. The number of nitrogens with zero attached hydrogens (tertiary/aromatic N) is 2. The Hall–Kier alpha value is -1.56. The molecule has 2 aliphatic rings. The molecule has 0 atom stereocenters. The lowest BCUT2D eigenvalue weighted by molar-refractivity contribution is 0.0662. The summed E-state index contributed by atoms with van der Waals surface area (Å²) in [7, 11) is 0. The molecule has 1 saturated carbocycles. The number of carbonyl (C=O) groups excluding carboxylic acids is 2. The number of piperazine rings is 1. The van der Waals surface area contributed by atoms with Crippen LogP contribution in [0.3, 0.4) is 0 Å². The largest absolute Gasteiger partial charge is 0.335 e. The number of thiophene rings is 1. The molecule has 1 saturated heterocycles. The average molecular weight is 350 g/mol. The molecular weight excluding hydrogens is 322 g/mol. The highest BCUT2D eigenvalue weighted by Gasteiger charge is 2.27. The second-order valence-corrected chi connectivity index (χ2v) is 8.35. The summed E-state index contributed by atoms with van der Waals surface area (Å²) >= 11 is 1.66. The van der Waals surface area contributed by atoms with Gasteiger partial charge in [0.25, 0.3) is 5.91 Å². The Bertz CT molecular complexity index is 599. The van der Waals surface area contributed by atoms with Crippen molar-refractivity contribution in [2.75, 3.05) is 26.2 Å². The minimum atomic E-state index is 0.0385. The van der Waals surface area contributed by atoms with Crippen LogP contribution in [0.15, 0.2) is 6.07 Å². The molecule has 0 radical (unpaired) electrons. The Morgan fingerprint density at radius 3 is 2.25 bits per heavy atom. The van der Waals surface area contributed by atoms with Gasteiger partial charge in [0.15, 0.2) is 0 Å². The van der Waals surface area contributed by atoms with Gasteiger partial charge in [0.1, 0.15) is 0 Å². The second-order valence-electron chi connectivity index (χ2n) is 6.89. The quantitative estimate of drug-likeness (QED) is 0.892. The summed E-state index contributed by atoms with van der Waals surface area (Å²) in [6, 6.07) is 2.35. The van der Waals surface area contributed by atoms with Crippen molar-refractivity contribution < 1.29 is 9.59 Å². The smallest absolute Gasteiger partial charge is 0.317 e. The lowest BCUT2D eigenvalue weighted by Crippen LogP contribution is -2.54. The van der Waals surface area contributed by atoms with E-state index in [0.717, 1.165) is 23.3 Å². The summed E-state index contributed by atoms with van der Waals surface area (Å²) in [5, 5.41) is 3.16. The van der Waals surface area contributed by atoms with Crippen molar-refractivity contribution in [1.29, 1.82) is 0 Å². The molecule has 1 aliphatic carbocycles. The molecule has 1 aliphatic heterocycles. The number of amides is 3. The maximum Gasteiger partial charge on any atom is 0.317 e. The first-order chi connectivity index (χ1) is 11.5. The number of aryl methyl sites for hydroxylation is 2. The van der Waals surface area contributed by atoms with Crippen molar-refractivity contribution in [3.8, 4) is 0 Å². The van der Waals surface area contributed by atoms with Gasteiger partial charge in [-0.3, -0.25) is 4.79 Å². The molecule has 2 heterocycles. The molecule has 3 amide bonds. The van der Waals surface area contributed by atoms with Gasteiger partial charge in [-0.1, -0.05) is 19.3 Å². The molecule has 0 unspecified atom stereocenters. The summed E-state index contributed by atoms with van der Waals surface area (Å²) in [6.07, 6.45) is 5.91. The van der Waals surface area contributed by atoms with E-state index in [4.69, 9.17) is 0 Å². The zero-order valence-electron chi connectivity index (χ0n) is 14.6. The zero-order chi connectivity index (χ0) is 17.1. The zero-order valence-corrected chi connectivity index (χ0v) is 15.5. The van der Waals surface area contributed by atoms with Crippen LogP contribution in [-0.4, -0.2) is 54.0 Å². The molecular formula is C18H27N3O2S. The highest BCUT2D eigenvalue weighted by atomic mass is 32.1. The molecule has 6 heteroatoms. The summed E-state index contributed by atoms with van der Waals surface area (Å²) in [5.74, 6) is 0.101. The van der Waals surface area contributed by atoms with Gasteiger partial charge in [-0.05, 0) is 32.8 Å². The molecule has 5 nitrogen and oxygen atoms in total. The minimum Gasteiger partial charge on any atom is -0.335 e. The molecule has 0 bridgehead atoms. The second kappa shape index (κ2) is 7.55. The van der Waals surface area contributed by atoms with Crippen molar-refractivity contribution in [2.45, 2.75) is 52.0 Å². The van der Waals surface area contributed by atoms with Gasteiger partial charge in [0.05, 0.1) is 5.56 Å². The van der Waals surface area contributed by atoms with Crippen molar-refractivity contribution in [3.05, 3.63) is 21.4 Å².